The molecule has 0 aliphatic heterocycles. The molecule has 1 rings (SSSR count). The molecule has 1 aromatic carbocycles. The third kappa shape index (κ3) is 4.99. The van der Waals surface area contributed by atoms with Crippen molar-refractivity contribution in [1.29, 1.82) is 0 Å². The number of halogens is 1. The standard InChI is InChI=1S/C12H15ClN2O4S/c1-2-19-12(16)10(14)7-20-6-8-3-4-9(13)5-11(8)15(17)18/h3-5,10H,2,6-7,14H2,1H3. The molecular weight excluding hydrogens is 304 g/mol. The number of nitrogens with zero attached hydrogens (tertiary/aromatic N) is 1. The number of nitro benzene ring substituents is 1. The molecule has 20 heavy (non-hydrogen) atoms. The largest absolute Gasteiger partial charge is 0.465 e. The molecule has 0 aliphatic rings. The van der Waals surface area contributed by atoms with Crippen LogP contribution in [0.2, 0.25) is 5.02 Å². The van der Waals surface area contributed by atoms with Crippen LogP contribution in [-0.2, 0) is 15.3 Å². The second-order valence-corrected chi connectivity index (χ2v) is 5.37. The molecule has 8 heteroatoms. The van der Waals surface area contributed by atoms with Crippen LogP contribution in [-0.4, -0.2) is 29.3 Å². The van der Waals surface area contributed by atoms with Crippen molar-refractivity contribution in [1.82, 2.24) is 0 Å². The molecule has 0 aromatic heterocycles. The van der Waals surface area contributed by atoms with Gasteiger partial charge in [-0.25, -0.2) is 0 Å². The van der Waals surface area contributed by atoms with Gasteiger partial charge in [-0.2, -0.15) is 11.8 Å². The molecule has 1 atom stereocenters. The van der Waals surface area contributed by atoms with Gasteiger partial charge in [0, 0.05) is 28.2 Å². The number of hydrogen-bond acceptors (Lipinski definition) is 6. The van der Waals surface area contributed by atoms with E-state index in [4.69, 9.17) is 22.1 Å². The Bertz CT molecular complexity index is 498. The highest BCUT2D eigenvalue weighted by molar-refractivity contribution is 7.98. The Labute approximate surface area is 125 Å². The SMILES string of the molecule is CCOC(=O)C(N)CSCc1ccc(Cl)cc1[N+](=O)[O-]. The first kappa shape index (κ1) is 16.7. The maximum absolute atomic E-state index is 11.3. The lowest BCUT2D eigenvalue weighted by Gasteiger charge is -2.10. The summed E-state index contributed by atoms with van der Waals surface area (Å²) in [5.74, 6) is 0.241. The number of carbonyl (C=O) groups is 1. The van der Waals surface area contributed by atoms with Gasteiger partial charge in [-0.1, -0.05) is 11.6 Å². The zero-order valence-electron chi connectivity index (χ0n) is 10.9. The fourth-order valence-corrected chi connectivity index (χ4v) is 2.58. The lowest BCUT2D eigenvalue weighted by Crippen LogP contribution is -2.34. The quantitative estimate of drug-likeness (QED) is 0.471. The van der Waals surface area contributed by atoms with Crippen LogP contribution in [0.15, 0.2) is 18.2 Å². The minimum absolute atomic E-state index is 0.0327. The van der Waals surface area contributed by atoms with Crippen molar-refractivity contribution in [3.63, 3.8) is 0 Å². The molecule has 0 heterocycles. The van der Waals surface area contributed by atoms with E-state index in [2.05, 4.69) is 0 Å². The van der Waals surface area contributed by atoms with Crippen LogP contribution in [0.25, 0.3) is 0 Å². The molecule has 0 aliphatic carbocycles. The number of hydrogen-bond donors (Lipinski definition) is 1. The molecule has 0 saturated carbocycles. The van der Waals surface area contributed by atoms with Gasteiger partial charge in [0.25, 0.3) is 5.69 Å². The minimum Gasteiger partial charge on any atom is -0.465 e. The first-order valence-electron chi connectivity index (χ1n) is 5.88. The smallest absolute Gasteiger partial charge is 0.323 e. The molecule has 0 bridgehead atoms. The van der Waals surface area contributed by atoms with Crippen LogP contribution in [0.4, 0.5) is 5.69 Å². The third-order valence-corrected chi connectivity index (χ3v) is 3.73. The normalized spacial score (nSPS) is 11.9. The summed E-state index contributed by atoms with van der Waals surface area (Å²) in [6.45, 7) is 1.98. The van der Waals surface area contributed by atoms with Gasteiger partial charge in [0.2, 0.25) is 0 Å². The van der Waals surface area contributed by atoms with Gasteiger partial charge in [0.15, 0.2) is 0 Å². The number of nitro groups is 1. The van der Waals surface area contributed by atoms with E-state index < -0.39 is 16.9 Å². The van der Waals surface area contributed by atoms with Crippen molar-refractivity contribution in [3.05, 3.63) is 38.9 Å². The molecule has 0 saturated heterocycles. The van der Waals surface area contributed by atoms with Gasteiger partial charge in [-0.15, -0.1) is 0 Å². The highest BCUT2D eigenvalue weighted by Gasteiger charge is 2.17. The third-order valence-electron chi connectivity index (χ3n) is 2.39. The molecule has 1 unspecified atom stereocenters. The lowest BCUT2D eigenvalue weighted by atomic mass is 10.2. The average molecular weight is 319 g/mol. The van der Waals surface area contributed by atoms with E-state index in [1.807, 2.05) is 0 Å². The maximum Gasteiger partial charge on any atom is 0.323 e. The van der Waals surface area contributed by atoms with E-state index in [1.165, 1.54) is 17.8 Å². The van der Waals surface area contributed by atoms with Crippen LogP contribution in [0.5, 0.6) is 0 Å². The van der Waals surface area contributed by atoms with Gasteiger partial charge in [-0.05, 0) is 19.1 Å². The maximum atomic E-state index is 11.3. The first-order valence-corrected chi connectivity index (χ1v) is 7.41. The summed E-state index contributed by atoms with van der Waals surface area (Å²) in [6, 6.07) is 3.77. The zero-order valence-corrected chi connectivity index (χ0v) is 12.4. The topological polar surface area (TPSA) is 95.5 Å². The van der Waals surface area contributed by atoms with E-state index in [1.54, 1.807) is 19.1 Å². The molecule has 1 aromatic rings. The van der Waals surface area contributed by atoms with Crippen LogP contribution in [0.3, 0.4) is 0 Å². The molecule has 2 N–H and O–H groups in total. The van der Waals surface area contributed by atoms with Crippen molar-refractivity contribution in [2.75, 3.05) is 12.4 Å². The molecule has 0 amide bonds. The van der Waals surface area contributed by atoms with Gasteiger partial charge in [0.05, 0.1) is 11.5 Å². The molecule has 0 spiro atoms. The van der Waals surface area contributed by atoms with Crippen molar-refractivity contribution in [2.24, 2.45) is 5.73 Å². The fraction of sp³-hybridized carbons (Fsp3) is 0.417. The van der Waals surface area contributed by atoms with Crippen molar-refractivity contribution in [2.45, 2.75) is 18.7 Å². The van der Waals surface area contributed by atoms with Crippen LogP contribution in [0.1, 0.15) is 12.5 Å². The van der Waals surface area contributed by atoms with E-state index >= 15 is 0 Å². The van der Waals surface area contributed by atoms with Crippen molar-refractivity contribution < 1.29 is 14.5 Å². The number of thioether (sulfide) groups is 1. The summed E-state index contributed by atoms with van der Waals surface area (Å²) >= 11 is 7.06. The van der Waals surface area contributed by atoms with Crippen molar-refractivity contribution in [3.8, 4) is 0 Å². The lowest BCUT2D eigenvalue weighted by molar-refractivity contribution is -0.385. The Kier molecular flexibility index (Phi) is 6.77. The van der Waals surface area contributed by atoms with E-state index in [0.29, 0.717) is 22.1 Å². The number of nitrogens with two attached hydrogens (primary N) is 1. The van der Waals surface area contributed by atoms with E-state index in [-0.39, 0.29) is 12.3 Å². The minimum atomic E-state index is -0.730. The first-order chi connectivity index (χ1) is 9.45. The Hall–Kier alpha value is -1.31. The van der Waals surface area contributed by atoms with Crippen LogP contribution < -0.4 is 5.73 Å². The molecule has 6 nitrogen and oxygen atoms in total. The number of rotatable bonds is 7. The summed E-state index contributed by atoms with van der Waals surface area (Å²) in [7, 11) is 0. The van der Waals surface area contributed by atoms with E-state index in [9.17, 15) is 14.9 Å². The van der Waals surface area contributed by atoms with Crippen LogP contribution in [0, 0.1) is 10.1 Å². The predicted molar refractivity (Wildman–Crippen MR) is 78.9 cm³/mol. The number of carbonyl (C=O) groups excluding carboxylic acids is 1. The van der Waals surface area contributed by atoms with Crippen molar-refractivity contribution >= 4 is 35.0 Å². The summed E-state index contributed by atoms with van der Waals surface area (Å²) < 4.78 is 4.78. The summed E-state index contributed by atoms with van der Waals surface area (Å²) in [5, 5.41) is 11.2. The monoisotopic (exact) mass is 318 g/mol. The highest BCUT2D eigenvalue weighted by Crippen LogP contribution is 2.26. The second-order valence-electron chi connectivity index (χ2n) is 3.90. The Balaban J connectivity index is 2.58. The van der Waals surface area contributed by atoms with Gasteiger partial charge < -0.3 is 10.5 Å². The summed E-state index contributed by atoms with van der Waals surface area (Å²) in [5.41, 5.74) is 6.15. The predicted octanol–water partition coefficient (Wildman–Crippen LogP) is 2.37. The zero-order chi connectivity index (χ0) is 15.1. The Morgan fingerprint density at radius 1 is 1.60 bits per heavy atom. The van der Waals surface area contributed by atoms with Gasteiger partial charge in [-0.3, -0.25) is 14.9 Å². The highest BCUT2D eigenvalue weighted by atomic mass is 35.5. The van der Waals surface area contributed by atoms with E-state index in [0.717, 1.165) is 0 Å². The molecule has 110 valence electrons. The molecule has 0 radical (unpaired) electrons. The molecular formula is C12H15ClN2O4S. The number of ether oxygens (including phenoxy) is 1. The number of benzene rings is 1. The summed E-state index contributed by atoms with van der Waals surface area (Å²) in [4.78, 5) is 21.7. The van der Waals surface area contributed by atoms with Gasteiger partial charge in [0.1, 0.15) is 6.04 Å². The summed E-state index contributed by atoms with van der Waals surface area (Å²) in [6.07, 6.45) is 0. The fourth-order valence-electron chi connectivity index (χ4n) is 1.44. The van der Waals surface area contributed by atoms with Crippen LogP contribution >= 0.6 is 23.4 Å². The second kappa shape index (κ2) is 8.08. The Morgan fingerprint density at radius 3 is 2.90 bits per heavy atom. The molecule has 0 fully saturated rings. The Morgan fingerprint density at radius 2 is 2.30 bits per heavy atom. The average Bonchev–Trinajstić information content (AvgIpc) is 2.40. The number of esters is 1. The van der Waals surface area contributed by atoms with Gasteiger partial charge >= 0.3 is 5.97 Å².